The number of carbonyl (C=O) groups excluding carboxylic acids is 2. The Bertz CT molecular complexity index is 1570. The van der Waals surface area contributed by atoms with Crippen molar-refractivity contribution in [2.75, 3.05) is 17.4 Å². The standard InChI is InChI=1S/C26H25ClF4N6O4/c1-3-19(25(40)35-14-5-6-15(24(33)39)18(28)9-14)36-11-21(41-2)17(10-23(36)38)16-8-13(27)4-7-20(16)37(34)12-22(32)26(29,30)31/h4-12,19H,3,32,34H2,1-2H3,(H2,33,39)(H,35,40)/b22-12-. The maximum absolute atomic E-state index is 14.2. The van der Waals surface area contributed by atoms with Gasteiger partial charge in [-0.3, -0.25) is 24.0 Å². The third-order valence-electron chi connectivity index (χ3n) is 5.92. The van der Waals surface area contributed by atoms with Crippen LogP contribution in [0.5, 0.6) is 5.75 Å². The second-order valence-corrected chi connectivity index (χ2v) is 9.06. The number of amides is 2. The minimum atomic E-state index is -4.84. The van der Waals surface area contributed by atoms with Crippen LogP contribution >= 0.6 is 11.6 Å². The molecule has 10 nitrogen and oxygen atoms in total. The highest BCUT2D eigenvalue weighted by atomic mass is 35.5. The molecule has 0 aliphatic rings. The topological polar surface area (TPSA) is 159 Å². The number of carbonyl (C=O) groups is 2. The highest BCUT2D eigenvalue weighted by Gasteiger charge is 2.32. The van der Waals surface area contributed by atoms with Gasteiger partial charge in [-0.05, 0) is 42.8 Å². The van der Waals surface area contributed by atoms with Gasteiger partial charge in [0.2, 0.25) is 5.91 Å². The van der Waals surface area contributed by atoms with E-state index >= 15 is 0 Å². The van der Waals surface area contributed by atoms with Crippen LogP contribution in [-0.4, -0.2) is 29.7 Å². The molecule has 2 amide bonds. The van der Waals surface area contributed by atoms with Crippen LogP contribution < -0.4 is 37.9 Å². The lowest BCUT2D eigenvalue weighted by atomic mass is 10.0. The number of hydrogen-bond acceptors (Lipinski definition) is 7. The number of halogens is 5. The number of hydrogen-bond donors (Lipinski definition) is 4. The van der Waals surface area contributed by atoms with Crippen LogP contribution in [0, 0.1) is 5.82 Å². The van der Waals surface area contributed by atoms with Crippen molar-refractivity contribution in [2.24, 2.45) is 17.3 Å². The summed E-state index contributed by atoms with van der Waals surface area (Å²) in [6.07, 6.45) is -3.01. The molecule has 0 aliphatic heterocycles. The Kier molecular flexibility index (Phi) is 9.30. The Balaban J connectivity index is 2.05. The number of nitrogens with one attached hydrogen (secondary N) is 1. The summed E-state index contributed by atoms with van der Waals surface area (Å²) in [5.41, 5.74) is 7.95. The molecule has 0 saturated carbocycles. The molecule has 0 spiro atoms. The van der Waals surface area contributed by atoms with E-state index in [1.54, 1.807) is 6.92 Å². The molecule has 2 aromatic carbocycles. The second-order valence-electron chi connectivity index (χ2n) is 8.62. The summed E-state index contributed by atoms with van der Waals surface area (Å²) in [7, 11) is 1.28. The molecule has 1 unspecified atom stereocenters. The number of allylic oxidation sites excluding steroid dienone is 1. The zero-order chi connectivity index (χ0) is 30.6. The van der Waals surface area contributed by atoms with E-state index in [4.69, 9.17) is 33.6 Å². The molecule has 1 aromatic heterocycles. The maximum atomic E-state index is 14.2. The highest BCUT2D eigenvalue weighted by molar-refractivity contribution is 6.31. The van der Waals surface area contributed by atoms with Gasteiger partial charge in [0.05, 0.1) is 24.6 Å². The lowest BCUT2D eigenvalue weighted by Gasteiger charge is -2.23. The molecule has 0 bridgehead atoms. The first kappa shape index (κ1) is 31.0. The Morgan fingerprint density at radius 3 is 2.39 bits per heavy atom. The molecule has 3 rings (SSSR count). The fraction of sp³-hybridized carbons (Fsp3) is 0.192. The molecule has 0 aliphatic carbocycles. The number of anilines is 2. The summed E-state index contributed by atoms with van der Waals surface area (Å²) < 4.78 is 59.6. The molecule has 41 heavy (non-hydrogen) atoms. The summed E-state index contributed by atoms with van der Waals surface area (Å²) in [5, 5.41) is 3.30. The van der Waals surface area contributed by atoms with E-state index < -0.39 is 41.1 Å². The molecule has 0 radical (unpaired) electrons. The number of nitrogens with two attached hydrogens (primary N) is 3. The monoisotopic (exact) mass is 596 g/mol. The number of alkyl halides is 3. The number of rotatable bonds is 9. The molecule has 3 aromatic rings. The Morgan fingerprint density at radius 1 is 1.15 bits per heavy atom. The summed E-state index contributed by atoms with van der Waals surface area (Å²) in [5.74, 6) is 3.32. The minimum Gasteiger partial charge on any atom is -0.495 e. The fourth-order valence-corrected chi connectivity index (χ4v) is 4.09. The number of nitrogens with zero attached hydrogens (tertiary/aromatic N) is 2. The number of primary amides is 1. The van der Waals surface area contributed by atoms with Crippen LogP contribution in [0.4, 0.5) is 28.9 Å². The maximum Gasteiger partial charge on any atom is 0.432 e. The van der Waals surface area contributed by atoms with Crippen LogP contribution in [0.2, 0.25) is 5.02 Å². The first-order valence-corrected chi connectivity index (χ1v) is 12.1. The SMILES string of the molecule is CCC(C(=O)Nc1ccc(C(N)=O)c(F)c1)n1cc(OC)c(-c2cc(Cl)ccc2N(N)/C=C(\N)C(F)(F)F)cc1=O. The number of pyridine rings is 1. The molecule has 0 fully saturated rings. The van der Waals surface area contributed by atoms with Gasteiger partial charge in [-0.15, -0.1) is 0 Å². The van der Waals surface area contributed by atoms with Crippen molar-refractivity contribution in [3.05, 3.63) is 87.3 Å². The van der Waals surface area contributed by atoms with Crippen molar-refractivity contribution in [3.8, 4) is 16.9 Å². The summed E-state index contributed by atoms with van der Waals surface area (Å²) in [4.78, 5) is 37.6. The van der Waals surface area contributed by atoms with Crippen molar-refractivity contribution in [2.45, 2.75) is 25.6 Å². The van der Waals surface area contributed by atoms with Crippen molar-refractivity contribution in [1.29, 1.82) is 0 Å². The smallest absolute Gasteiger partial charge is 0.432 e. The molecule has 1 atom stereocenters. The van der Waals surface area contributed by atoms with Crippen molar-refractivity contribution in [1.82, 2.24) is 4.57 Å². The lowest BCUT2D eigenvalue weighted by molar-refractivity contribution is -0.119. The van der Waals surface area contributed by atoms with Gasteiger partial charge in [0.15, 0.2) is 0 Å². The van der Waals surface area contributed by atoms with Gasteiger partial charge in [-0.25, -0.2) is 10.2 Å². The first-order valence-electron chi connectivity index (χ1n) is 11.8. The van der Waals surface area contributed by atoms with E-state index in [-0.39, 0.29) is 45.3 Å². The predicted molar refractivity (Wildman–Crippen MR) is 146 cm³/mol. The number of methoxy groups -OCH3 is 1. The van der Waals surface area contributed by atoms with E-state index in [2.05, 4.69) is 5.32 Å². The zero-order valence-electron chi connectivity index (χ0n) is 21.6. The largest absolute Gasteiger partial charge is 0.495 e. The van der Waals surface area contributed by atoms with Crippen molar-refractivity contribution >= 4 is 34.8 Å². The van der Waals surface area contributed by atoms with Crippen LogP contribution in [0.1, 0.15) is 29.7 Å². The highest BCUT2D eigenvalue weighted by Crippen LogP contribution is 2.38. The van der Waals surface area contributed by atoms with Gasteiger partial charge < -0.3 is 21.5 Å². The van der Waals surface area contributed by atoms with Crippen LogP contribution in [0.3, 0.4) is 0 Å². The summed E-state index contributed by atoms with van der Waals surface area (Å²) >= 11 is 6.14. The van der Waals surface area contributed by atoms with Gasteiger partial charge >= 0.3 is 6.18 Å². The zero-order valence-corrected chi connectivity index (χ0v) is 22.4. The van der Waals surface area contributed by atoms with Crippen molar-refractivity contribution in [3.63, 3.8) is 0 Å². The summed E-state index contributed by atoms with van der Waals surface area (Å²) in [6.45, 7) is 1.63. The molecule has 15 heteroatoms. The average molecular weight is 597 g/mol. The van der Waals surface area contributed by atoms with Gasteiger partial charge in [0, 0.05) is 34.1 Å². The Labute approximate surface area is 235 Å². The molecule has 218 valence electrons. The number of ether oxygens (including phenoxy) is 1. The quantitative estimate of drug-likeness (QED) is 0.165. The van der Waals surface area contributed by atoms with Gasteiger partial charge in [0.1, 0.15) is 23.3 Å². The van der Waals surface area contributed by atoms with Crippen LogP contribution in [0.25, 0.3) is 11.1 Å². The van der Waals surface area contributed by atoms with Crippen LogP contribution in [0.15, 0.2) is 65.4 Å². The third-order valence-corrected chi connectivity index (χ3v) is 6.16. The van der Waals surface area contributed by atoms with Crippen LogP contribution in [-0.2, 0) is 4.79 Å². The van der Waals surface area contributed by atoms with E-state index in [9.17, 15) is 31.9 Å². The van der Waals surface area contributed by atoms with E-state index in [1.165, 1.54) is 37.6 Å². The number of aromatic nitrogens is 1. The Hall–Kier alpha value is -4.56. The third kappa shape index (κ3) is 6.96. The van der Waals surface area contributed by atoms with Gasteiger partial charge in [-0.2, -0.15) is 13.2 Å². The average Bonchev–Trinajstić information content (AvgIpc) is 2.88. The number of benzene rings is 2. The summed E-state index contributed by atoms with van der Waals surface area (Å²) in [6, 6.07) is 7.38. The molecular formula is C26H25ClF4N6O4. The minimum absolute atomic E-state index is 0.00303. The van der Waals surface area contributed by atoms with E-state index in [0.29, 0.717) is 11.2 Å². The van der Waals surface area contributed by atoms with E-state index in [1.807, 2.05) is 0 Å². The van der Waals surface area contributed by atoms with Crippen molar-refractivity contribution < 1.29 is 31.9 Å². The Morgan fingerprint density at radius 2 is 1.83 bits per heavy atom. The molecule has 0 saturated heterocycles. The normalized spacial score (nSPS) is 12.5. The second kappa shape index (κ2) is 12.3. The molecule has 7 N–H and O–H groups in total. The fourth-order valence-electron chi connectivity index (χ4n) is 3.91. The van der Waals surface area contributed by atoms with Gasteiger partial charge in [-0.1, -0.05) is 18.5 Å². The number of hydrazine groups is 1. The van der Waals surface area contributed by atoms with Gasteiger partial charge in [0.25, 0.3) is 11.5 Å². The predicted octanol–water partition coefficient (Wildman–Crippen LogP) is 4.05. The van der Waals surface area contributed by atoms with E-state index in [0.717, 1.165) is 22.8 Å². The molecular weight excluding hydrogens is 572 g/mol. The lowest BCUT2D eigenvalue weighted by Crippen LogP contribution is -2.33. The molecule has 1 heterocycles. The first-order chi connectivity index (χ1) is 19.2.